The van der Waals surface area contributed by atoms with E-state index in [4.69, 9.17) is 4.99 Å². The molecule has 0 aliphatic carbocycles. The average Bonchev–Trinajstić information content (AvgIpc) is 3.21. The Hall–Kier alpha value is -3.36. The van der Waals surface area contributed by atoms with E-state index in [0.717, 1.165) is 33.1 Å². The smallest absolute Gasteiger partial charge is 0.328 e. The van der Waals surface area contributed by atoms with E-state index in [-0.39, 0.29) is 18.9 Å². The number of hydrogen-bond donors (Lipinski definition) is 0. The van der Waals surface area contributed by atoms with Crippen LogP contribution in [0.15, 0.2) is 34.6 Å². The minimum atomic E-state index is -0.666. The number of likely N-dealkylation sites (N-methyl/N-ethyl adjacent to an activating group) is 1. The summed E-state index contributed by atoms with van der Waals surface area (Å²) in [5.41, 5.74) is 5.13. The standard InChI is InChI=1S/C22H27N5O4/c1-12-9-13(2)11-16(10-12)26-14(3)15(4)27-18-19(23-21(26)27)24(5)22(30)25(20(18)29)8-7-17(28)31-6/h9-11,18-19H,7-8H2,1-6H3. The van der Waals surface area contributed by atoms with Gasteiger partial charge in [-0.05, 0) is 51.0 Å². The Morgan fingerprint density at radius 1 is 1.06 bits per heavy atom. The van der Waals surface area contributed by atoms with Crippen LogP contribution in [-0.4, -0.2) is 71.5 Å². The third-order valence-electron chi connectivity index (χ3n) is 6.12. The van der Waals surface area contributed by atoms with E-state index in [0.29, 0.717) is 5.96 Å². The number of rotatable bonds is 4. The van der Waals surface area contributed by atoms with E-state index in [1.165, 1.54) is 12.0 Å². The molecule has 3 amide bonds. The van der Waals surface area contributed by atoms with Gasteiger partial charge in [-0.3, -0.25) is 24.3 Å². The van der Waals surface area contributed by atoms with Crippen LogP contribution in [0.4, 0.5) is 10.5 Å². The van der Waals surface area contributed by atoms with Crippen LogP contribution in [0.2, 0.25) is 0 Å². The van der Waals surface area contributed by atoms with Crippen molar-refractivity contribution in [2.24, 2.45) is 4.99 Å². The van der Waals surface area contributed by atoms with E-state index in [1.807, 2.05) is 37.5 Å². The molecule has 0 radical (unpaired) electrons. The summed E-state index contributed by atoms with van der Waals surface area (Å²) in [4.78, 5) is 49.2. The number of urea groups is 1. The van der Waals surface area contributed by atoms with Crippen LogP contribution < -0.4 is 4.90 Å². The molecule has 1 saturated heterocycles. The minimum absolute atomic E-state index is 0.0242. The maximum Gasteiger partial charge on any atom is 0.328 e. The molecule has 0 spiro atoms. The molecule has 9 heteroatoms. The zero-order chi connectivity index (χ0) is 22.6. The molecule has 3 aliphatic heterocycles. The number of imide groups is 1. The van der Waals surface area contributed by atoms with Gasteiger partial charge in [0.25, 0.3) is 5.91 Å². The number of aryl methyl sites for hydroxylation is 2. The first-order valence-corrected chi connectivity index (χ1v) is 10.2. The lowest BCUT2D eigenvalue weighted by atomic mass is 10.1. The Bertz CT molecular complexity index is 1030. The van der Waals surface area contributed by atoms with Crippen molar-refractivity contribution in [2.75, 3.05) is 25.6 Å². The highest BCUT2D eigenvalue weighted by Gasteiger charge is 2.55. The van der Waals surface area contributed by atoms with Crippen LogP contribution in [0.1, 0.15) is 31.4 Å². The van der Waals surface area contributed by atoms with E-state index in [2.05, 4.69) is 22.9 Å². The zero-order valence-corrected chi connectivity index (χ0v) is 18.7. The molecule has 2 atom stereocenters. The number of carbonyl (C=O) groups excluding carboxylic acids is 3. The molecule has 1 aromatic carbocycles. The molecule has 0 aromatic heterocycles. The third-order valence-corrected chi connectivity index (χ3v) is 6.12. The fraction of sp³-hybridized carbons (Fsp3) is 0.455. The van der Waals surface area contributed by atoms with Gasteiger partial charge in [-0.25, -0.2) is 9.79 Å². The summed E-state index contributed by atoms with van der Waals surface area (Å²) in [5.74, 6) is -0.189. The molecule has 164 valence electrons. The van der Waals surface area contributed by atoms with Crippen molar-refractivity contribution in [3.8, 4) is 0 Å². The number of anilines is 1. The maximum atomic E-state index is 13.4. The Morgan fingerprint density at radius 2 is 1.71 bits per heavy atom. The first-order valence-electron chi connectivity index (χ1n) is 10.2. The number of nitrogens with zero attached hydrogens (tertiary/aromatic N) is 5. The van der Waals surface area contributed by atoms with Gasteiger partial charge in [0.2, 0.25) is 5.96 Å². The van der Waals surface area contributed by atoms with E-state index < -0.39 is 24.2 Å². The van der Waals surface area contributed by atoms with Crippen LogP contribution in [0.5, 0.6) is 0 Å². The number of esters is 1. The monoisotopic (exact) mass is 425 g/mol. The van der Waals surface area contributed by atoms with Crippen LogP contribution >= 0.6 is 0 Å². The summed E-state index contributed by atoms with van der Waals surface area (Å²) in [5, 5.41) is 0. The second-order valence-corrected chi connectivity index (χ2v) is 8.22. The number of methoxy groups -OCH3 is 1. The summed E-state index contributed by atoms with van der Waals surface area (Å²) in [6.45, 7) is 8.02. The average molecular weight is 425 g/mol. The number of fused-ring (bicyclic) bond motifs is 3. The third kappa shape index (κ3) is 3.15. The van der Waals surface area contributed by atoms with Crippen LogP contribution in [0.25, 0.3) is 0 Å². The number of guanidine groups is 1. The molecule has 1 fully saturated rings. The Balaban J connectivity index is 1.71. The van der Waals surface area contributed by atoms with E-state index in [9.17, 15) is 14.4 Å². The quantitative estimate of drug-likeness (QED) is 0.688. The first-order chi connectivity index (χ1) is 14.6. The van der Waals surface area contributed by atoms with Gasteiger partial charge in [0.1, 0.15) is 0 Å². The summed E-state index contributed by atoms with van der Waals surface area (Å²) in [6.07, 6.45) is -0.670. The van der Waals surface area contributed by atoms with Gasteiger partial charge in [0, 0.05) is 30.7 Å². The van der Waals surface area contributed by atoms with Crippen molar-refractivity contribution < 1.29 is 19.1 Å². The lowest BCUT2D eigenvalue weighted by molar-refractivity contribution is -0.142. The molecular formula is C22H27N5O4. The van der Waals surface area contributed by atoms with Gasteiger partial charge in [0.05, 0.1) is 13.5 Å². The highest BCUT2D eigenvalue weighted by atomic mass is 16.5. The molecule has 2 unspecified atom stereocenters. The van der Waals surface area contributed by atoms with Crippen LogP contribution in [0, 0.1) is 13.8 Å². The maximum absolute atomic E-state index is 13.4. The van der Waals surface area contributed by atoms with Crippen molar-refractivity contribution >= 4 is 29.6 Å². The summed E-state index contributed by atoms with van der Waals surface area (Å²) in [6, 6.07) is 5.14. The number of aliphatic imine (C=N–C) groups is 1. The Morgan fingerprint density at radius 3 is 2.32 bits per heavy atom. The highest BCUT2D eigenvalue weighted by Crippen LogP contribution is 2.40. The predicted octanol–water partition coefficient (Wildman–Crippen LogP) is 2.20. The number of hydrogen-bond acceptors (Lipinski definition) is 7. The van der Waals surface area contributed by atoms with E-state index >= 15 is 0 Å². The van der Waals surface area contributed by atoms with E-state index in [1.54, 1.807) is 7.05 Å². The molecule has 31 heavy (non-hydrogen) atoms. The van der Waals surface area contributed by atoms with Crippen LogP contribution in [0.3, 0.4) is 0 Å². The molecule has 3 heterocycles. The van der Waals surface area contributed by atoms with Crippen molar-refractivity contribution in [1.82, 2.24) is 14.7 Å². The fourth-order valence-corrected chi connectivity index (χ4v) is 4.51. The molecule has 0 N–H and O–H groups in total. The summed E-state index contributed by atoms with van der Waals surface area (Å²) in [7, 11) is 2.92. The van der Waals surface area contributed by atoms with Gasteiger partial charge in [-0.1, -0.05) is 6.07 Å². The van der Waals surface area contributed by atoms with Gasteiger partial charge in [0.15, 0.2) is 12.2 Å². The van der Waals surface area contributed by atoms with Gasteiger partial charge < -0.3 is 9.64 Å². The van der Waals surface area contributed by atoms with Gasteiger partial charge in [-0.15, -0.1) is 0 Å². The molecule has 9 nitrogen and oxygen atoms in total. The number of allylic oxidation sites excluding steroid dienone is 2. The number of ether oxygens (including phenoxy) is 1. The van der Waals surface area contributed by atoms with Crippen molar-refractivity contribution in [1.29, 1.82) is 0 Å². The summed E-state index contributed by atoms with van der Waals surface area (Å²) < 4.78 is 4.66. The second kappa shape index (κ2) is 7.40. The highest BCUT2D eigenvalue weighted by molar-refractivity contribution is 6.10. The SMILES string of the molecule is COC(=O)CCN1C(=O)C2C(N=C3N(c4cc(C)cc(C)c4)C(C)=C(C)N32)N(C)C1=O. The fourth-order valence-electron chi connectivity index (χ4n) is 4.51. The largest absolute Gasteiger partial charge is 0.469 e. The van der Waals surface area contributed by atoms with Crippen molar-refractivity contribution in [3.63, 3.8) is 0 Å². The van der Waals surface area contributed by atoms with Crippen molar-refractivity contribution in [3.05, 3.63) is 40.7 Å². The Labute approximate surface area is 181 Å². The molecule has 0 saturated carbocycles. The molecular weight excluding hydrogens is 398 g/mol. The molecule has 0 bridgehead atoms. The molecule has 3 aliphatic rings. The molecule has 4 rings (SSSR count). The van der Waals surface area contributed by atoms with Crippen LogP contribution in [-0.2, 0) is 14.3 Å². The van der Waals surface area contributed by atoms with Gasteiger partial charge in [-0.2, -0.15) is 0 Å². The minimum Gasteiger partial charge on any atom is -0.469 e. The lowest BCUT2D eigenvalue weighted by Gasteiger charge is -2.40. The zero-order valence-electron chi connectivity index (χ0n) is 18.7. The molecule has 1 aromatic rings. The number of benzene rings is 1. The predicted molar refractivity (Wildman–Crippen MR) is 115 cm³/mol. The second-order valence-electron chi connectivity index (χ2n) is 8.22. The van der Waals surface area contributed by atoms with Gasteiger partial charge >= 0.3 is 12.0 Å². The summed E-state index contributed by atoms with van der Waals surface area (Å²) >= 11 is 0. The number of amides is 3. The lowest BCUT2D eigenvalue weighted by Crippen LogP contribution is -2.64. The topological polar surface area (TPSA) is 85.8 Å². The number of carbonyl (C=O) groups is 3. The first kappa shape index (κ1) is 20.9. The Kier molecular flexibility index (Phi) is 4.99. The van der Waals surface area contributed by atoms with Crippen molar-refractivity contribution in [2.45, 2.75) is 46.3 Å². The normalized spacial score (nSPS) is 22.8.